The van der Waals surface area contributed by atoms with Gasteiger partial charge in [-0.15, -0.1) is 0 Å². The second-order valence-corrected chi connectivity index (χ2v) is 9.30. The van der Waals surface area contributed by atoms with Crippen LogP contribution in [0.3, 0.4) is 0 Å². The predicted molar refractivity (Wildman–Crippen MR) is 145 cm³/mol. The maximum absolute atomic E-state index is 12.4. The van der Waals surface area contributed by atoms with Crippen LogP contribution in [0.4, 0.5) is 5.69 Å². The zero-order valence-corrected chi connectivity index (χ0v) is 22.5. The normalized spacial score (nSPS) is 11.0. The molecule has 1 amide bonds. The third kappa shape index (κ3) is 5.36. The number of nitrogens with zero attached hydrogens (tertiary/aromatic N) is 4. The van der Waals surface area contributed by atoms with Gasteiger partial charge < -0.3 is 19.7 Å². The van der Waals surface area contributed by atoms with Crippen molar-refractivity contribution in [1.82, 2.24) is 19.9 Å². The largest absolute Gasteiger partial charge is 0.486 e. The van der Waals surface area contributed by atoms with Crippen molar-refractivity contribution in [2.24, 2.45) is 0 Å². The first-order valence-electron chi connectivity index (χ1n) is 10.9. The molecule has 0 spiro atoms. The number of benzene rings is 2. The van der Waals surface area contributed by atoms with Gasteiger partial charge in [-0.25, -0.2) is 0 Å². The van der Waals surface area contributed by atoms with Gasteiger partial charge in [-0.1, -0.05) is 23.7 Å². The van der Waals surface area contributed by atoms with Gasteiger partial charge in [0.2, 0.25) is 5.91 Å². The quantitative estimate of drug-likeness (QED) is 0.283. The highest BCUT2D eigenvalue weighted by Crippen LogP contribution is 2.35. The molecule has 0 aliphatic rings. The molecule has 1 N–H and O–H groups in total. The van der Waals surface area contributed by atoms with Crippen LogP contribution in [0, 0.1) is 3.57 Å². The lowest BCUT2D eigenvalue weighted by Crippen LogP contribution is -2.34. The molecule has 2 heterocycles. The Morgan fingerprint density at radius 3 is 2.74 bits per heavy atom. The molecule has 2 aromatic heterocycles. The third-order valence-corrected chi connectivity index (χ3v) is 6.97. The number of hydrogen-bond donors (Lipinski definition) is 1. The summed E-state index contributed by atoms with van der Waals surface area (Å²) in [6.45, 7) is 0.950. The van der Waals surface area contributed by atoms with Crippen molar-refractivity contribution in [3.63, 3.8) is 0 Å². The Bertz CT molecular complexity index is 1350. The number of rotatable bonds is 9. The molecule has 10 heteroatoms. The topological polar surface area (TPSA) is 81.5 Å². The van der Waals surface area contributed by atoms with E-state index in [0.717, 1.165) is 20.3 Å². The number of amides is 1. The van der Waals surface area contributed by atoms with Gasteiger partial charge in [0.1, 0.15) is 17.9 Å². The first kappa shape index (κ1) is 25.2. The number of pyridine rings is 1. The number of hydrogen-bond acceptors (Lipinski definition) is 6. The molecule has 0 atom stereocenters. The Morgan fingerprint density at radius 1 is 1.20 bits per heavy atom. The molecule has 4 rings (SSSR count). The van der Waals surface area contributed by atoms with Crippen molar-refractivity contribution >= 4 is 56.8 Å². The highest BCUT2D eigenvalue weighted by molar-refractivity contribution is 14.1. The van der Waals surface area contributed by atoms with E-state index < -0.39 is 0 Å². The van der Waals surface area contributed by atoms with Crippen molar-refractivity contribution in [2.45, 2.75) is 13.2 Å². The number of likely N-dealkylation sites (N-methyl/N-ethyl adjacent to an activating group) is 2. The average molecular weight is 606 g/mol. The van der Waals surface area contributed by atoms with E-state index in [9.17, 15) is 4.79 Å². The Morgan fingerprint density at radius 2 is 2.03 bits per heavy atom. The van der Waals surface area contributed by atoms with Crippen LogP contribution in [0.5, 0.6) is 11.8 Å². The Labute approximate surface area is 222 Å². The summed E-state index contributed by atoms with van der Waals surface area (Å²) in [6.07, 6.45) is 1.76. The summed E-state index contributed by atoms with van der Waals surface area (Å²) in [4.78, 5) is 23.0. The fraction of sp³-hybridized carbons (Fsp3) is 0.240. The SMILES string of the molecule is CNCC(=O)N(C)c1ccc(I)c(COc2cccc3c2nc(OC)n3Cc2ccccn2)c1Cl. The van der Waals surface area contributed by atoms with Gasteiger partial charge in [-0.3, -0.25) is 14.3 Å². The number of methoxy groups -OCH3 is 1. The fourth-order valence-electron chi connectivity index (χ4n) is 3.71. The zero-order valence-electron chi connectivity index (χ0n) is 19.6. The van der Waals surface area contributed by atoms with Gasteiger partial charge in [0, 0.05) is 22.4 Å². The van der Waals surface area contributed by atoms with E-state index in [1.165, 1.54) is 0 Å². The van der Waals surface area contributed by atoms with Crippen LogP contribution in [-0.2, 0) is 17.9 Å². The van der Waals surface area contributed by atoms with Crippen molar-refractivity contribution < 1.29 is 14.3 Å². The summed E-state index contributed by atoms with van der Waals surface area (Å²) in [7, 11) is 5.03. The summed E-state index contributed by atoms with van der Waals surface area (Å²) in [5.41, 5.74) is 3.88. The van der Waals surface area contributed by atoms with Crippen molar-refractivity contribution in [1.29, 1.82) is 0 Å². The molecule has 35 heavy (non-hydrogen) atoms. The van der Waals surface area contributed by atoms with Crippen LogP contribution < -0.4 is 19.7 Å². The molecule has 8 nitrogen and oxygen atoms in total. The molecule has 0 saturated heterocycles. The van der Waals surface area contributed by atoms with E-state index in [-0.39, 0.29) is 19.1 Å². The van der Waals surface area contributed by atoms with Gasteiger partial charge in [0.25, 0.3) is 6.01 Å². The number of fused-ring (bicyclic) bond motifs is 1. The van der Waals surface area contributed by atoms with Gasteiger partial charge in [0.05, 0.1) is 42.1 Å². The van der Waals surface area contributed by atoms with E-state index in [4.69, 9.17) is 21.1 Å². The lowest BCUT2D eigenvalue weighted by molar-refractivity contribution is -0.117. The molecular weight excluding hydrogens is 581 g/mol. The first-order chi connectivity index (χ1) is 16.9. The van der Waals surface area contributed by atoms with E-state index in [0.29, 0.717) is 34.5 Å². The Kier molecular flexibility index (Phi) is 8.09. The fourth-order valence-corrected chi connectivity index (χ4v) is 4.82. The summed E-state index contributed by atoms with van der Waals surface area (Å²) < 4.78 is 14.7. The van der Waals surface area contributed by atoms with E-state index in [2.05, 4.69) is 37.9 Å². The number of imidazole rings is 1. The van der Waals surface area contributed by atoms with E-state index in [1.807, 2.05) is 53.1 Å². The van der Waals surface area contributed by atoms with Gasteiger partial charge >= 0.3 is 0 Å². The number of aromatic nitrogens is 3. The minimum atomic E-state index is -0.0854. The summed E-state index contributed by atoms with van der Waals surface area (Å²) >= 11 is 8.96. The van der Waals surface area contributed by atoms with Gasteiger partial charge in [-0.2, -0.15) is 4.98 Å². The number of para-hydroxylation sites is 1. The van der Waals surface area contributed by atoms with Crippen molar-refractivity contribution in [2.75, 3.05) is 32.6 Å². The Balaban J connectivity index is 1.64. The molecule has 0 aliphatic heterocycles. The standard InChI is InChI=1S/C25H25ClIN5O3/c1-28-13-22(33)31(2)19-11-10-18(27)17(23(19)26)15-35-21-9-6-8-20-24(21)30-25(34-3)32(20)14-16-7-4-5-12-29-16/h4-12,28H,13-15H2,1-3H3. The average Bonchev–Trinajstić information content (AvgIpc) is 3.22. The summed E-state index contributed by atoms with van der Waals surface area (Å²) in [6, 6.07) is 15.8. The third-order valence-electron chi connectivity index (χ3n) is 5.54. The van der Waals surface area contributed by atoms with Crippen LogP contribution >= 0.6 is 34.2 Å². The Hall–Kier alpha value is -2.89. The predicted octanol–water partition coefficient (Wildman–Crippen LogP) is 4.51. The molecule has 182 valence electrons. The van der Waals surface area contributed by atoms with Crippen LogP contribution in [-0.4, -0.2) is 48.2 Å². The molecular formula is C25H25ClIN5O3. The van der Waals surface area contributed by atoms with Crippen molar-refractivity contribution in [3.05, 3.63) is 74.6 Å². The molecule has 2 aromatic carbocycles. The van der Waals surface area contributed by atoms with E-state index in [1.54, 1.807) is 32.3 Å². The molecule has 0 bridgehead atoms. The summed E-state index contributed by atoms with van der Waals surface area (Å²) in [5.74, 6) is 0.523. The van der Waals surface area contributed by atoms with E-state index >= 15 is 0 Å². The number of carbonyl (C=O) groups excluding carboxylic acids is 1. The minimum absolute atomic E-state index is 0.0854. The lowest BCUT2D eigenvalue weighted by Gasteiger charge is -2.21. The highest BCUT2D eigenvalue weighted by Gasteiger charge is 2.20. The number of carbonyl (C=O) groups is 1. The number of ether oxygens (including phenoxy) is 2. The molecule has 0 fully saturated rings. The highest BCUT2D eigenvalue weighted by atomic mass is 127. The van der Waals surface area contributed by atoms with Gasteiger partial charge in [0.15, 0.2) is 0 Å². The van der Waals surface area contributed by atoms with Gasteiger partial charge in [-0.05, 0) is 66.0 Å². The molecule has 0 radical (unpaired) electrons. The monoisotopic (exact) mass is 605 g/mol. The molecule has 0 unspecified atom stereocenters. The van der Waals surface area contributed by atoms with Crippen LogP contribution in [0.15, 0.2) is 54.7 Å². The second-order valence-electron chi connectivity index (χ2n) is 7.76. The molecule has 0 aliphatic carbocycles. The van der Waals surface area contributed by atoms with Crippen LogP contribution in [0.2, 0.25) is 5.02 Å². The number of halogens is 2. The minimum Gasteiger partial charge on any atom is -0.486 e. The zero-order chi connectivity index (χ0) is 24.9. The first-order valence-corrected chi connectivity index (χ1v) is 12.3. The smallest absolute Gasteiger partial charge is 0.297 e. The lowest BCUT2D eigenvalue weighted by atomic mass is 10.2. The van der Waals surface area contributed by atoms with Crippen LogP contribution in [0.25, 0.3) is 11.0 Å². The second kappa shape index (κ2) is 11.2. The number of anilines is 1. The van der Waals surface area contributed by atoms with Crippen LogP contribution in [0.1, 0.15) is 11.3 Å². The molecule has 0 saturated carbocycles. The summed E-state index contributed by atoms with van der Waals surface area (Å²) in [5, 5.41) is 3.35. The maximum Gasteiger partial charge on any atom is 0.297 e. The maximum atomic E-state index is 12.4. The van der Waals surface area contributed by atoms with Crippen molar-refractivity contribution in [3.8, 4) is 11.8 Å². The number of nitrogens with one attached hydrogen (secondary N) is 1. The molecule has 4 aromatic rings.